The minimum Gasteiger partial charge on any atom is -0.490 e. The lowest BCUT2D eigenvalue weighted by molar-refractivity contribution is -0.114. The third-order valence-corrected chi connectivity index (χ3v) is 4.94. The smallest absolute Gasteiger partial charge is 0.280 e. The fraction of sp³-hybridized carbons (Fsp3) is 0.304. The fourth-order valence-corrected chi connectivity index (χ4v) is 3.06. The zero-order valence-electron chi connectivity index (χ0n) is 18.3. The van der Waals surface area contributed by atoms with E-state index in [1.54, 1.807) is 25.1 Å². The molecular weight excluding hydrogens is 447 g/mol. The van der Waals surface area contributed by atoms with Gasteiger partial charge in [-0.15, -0.1) is 0 Å². The molecule has 5 nitrogen and oxygen atoms in total. The molecule has 2 aromatic carbocycles. The van der Waals surface area contributed by atoms with E-state index in [-0.39, 0.29) is 22.4 Å². The molecule has 0 N–H and O–H groups in total. The predicted molar refractivity (Wildman–Crippen MR) is 113 cm³/mol. The molecule has 33 heavy (non-hydrogen) atoms. The number of hydrazone groups is 1. The molecule has 1 aliphatic heterocycles. The molecule has 0 unspecified atom stereocenters. The van der Waals surface area contributed by atoms with E-state index in [1.165, 1.54) is 13.0 Å². The molecule has 1 heterocycles. The van der Waals surface area contributed by atoms with Crippen LogP contribution in [0.5, 0.6) is 11.5 Å². The zero-order valence-corrected chi connectivity index (χ0v) is 18.3. The molecule has 3 rings (SSSR count). The van der Waals surface area contributed by atoms with Crippen LogP contribution >= 0.6 is 0 Å². The van der Waals surface area contributed by atoms with E-state index in [9.17, 15) is 26.7 Å². The van der Waals surface area contributed by atoms with Crippen LogP contribution in [0.3, 0.4) is 0 Å². The molecule has 0 saturated heterocycles. The molecule has 0 saturated carbocycles. The molecular formula is C23H21F5N2O3. The highest BCUT2D eigenvalue weighted by atomic mass is 19.2. The number of benzene rings is 2. The second-order valence-corrected chi connectivity index (χ2v) is 7.25. The molecule has 1 atom stereocenters. The van der Waals surface area contributed by atoms with Crippen molar-refractivity contribution >= 4 is 23.4 Å². The van der Waals surface area contributed by atoms with E-state index >= 15 is 0 Å². The molecule has 1 aliphatic rings. The van der Waals surface area contributed by atoms with Gasteiger partial charge in [-0.1, -0.05) is 13.0 Å². The first-order valence-corrected chi connectivity index (χ1v) is 10.2. The maximum absolute atomic E-state index is 14.2. The van der Waals surface area contributed by atoms with E-state index < -0.39 is 40.7 Å². The van der Waals surface area contributed by atoms with Crippen LogP contribution in [0.1, 0.15) is 39.7 Å². The summed E-state index contributed by atoms with van der Waals surface area (Å²) in [6.45, 7) is 7.38. The number of nitrogens with zero attached hydrogens (tertiary/aromatic N) is 2. The van der Waals surface area contributed by atoms with Gasteiger partial charge in [-0.05, 0) is 51.0 Å². The average Bonchev–Trinajstić information content (AvgIpc) is 3.06. The van der Waals surface area contributed by atoms with Crippen LogP contribution in [0, 0.1) is 29.1 Å². The van der Waals surface area contributed by atoms with Crippen molar-refractivity contribution in [1.29, 1.82) is 0 Å². The highest BCUT2D eigenvalue weighted by Gasteiger charge is 2.37. The molecule has 0 bridgehead atoms. The summed E-state index contributed by atoms with van der Waals surface area (Å²) in [5, 5.41) is 3.89. The Labute approximate surface area is 187 Å². The van der Waals surface area contributed by atoms with Crippen LogP contribution in [0.25, 0.3) is 6.08 Å². The van der Waals surface area contributed by atoms with Gasteiger partial charge in [0.2, 0.25) is 5.82 Å². The van der Waals surface area contributed by atoms with Gasteiger partial charge < -0.3 is 9.47 Å². The van der Waals surface area contributed by atoms with Gasteiger partial charge in [0.25, 0.3) is 5.91 Å². The van der Waals surface area contributed by atoms with Crippen LogP contribution in [0.2, 0.25) is 0 Å². The summed E-state index contributed by atoms with van der Waals surface area (Å²) in [5.41, 5.74) is -1.02. The van der Waals surface area contributed by atoms with E-state index in [1.807, 2.05) is 13.8 Å². The van der Waals surface area contributed by atoms with Crippen LogP contribution < -0.4 is 14.5 Å². The Morgan fingerprint density at radius 1 is 1.00 bits per heavy atom. The number of carbonyl (C=O) groups excluding carboxylic acids is 1. The van der Waals surface area contributed by atoms with Crippen molar-refractivity contribution in [2.24, 2.45) is 5.10 Å². The fourth-order valence-electron chi connectivity index (χ4n) is 3.06. The summed E-state index contributed by atoms with van der Waals surface area (Å²) < 4.78 is 80.4. The number of halogens is 5. The van der Waals surface area contributed by atoms with Crippen molar-refractivity contribution in [1.82, 2.24) is 0 Å². The van der Waals surface area contributed by atoms with Crippen molar-refractivity contribution in [3.8, 4) is 11.5 Å². The van der Waals surface area contributed by atoms with Crippen LogP contribution in [-0.4, -0.2) is 24.3 Å². The monoisotopic (exact) mass is 468 g/mol. The Balaban J connectivity index is 2.00. The predicted octanol–water partition coefficient (Wildman–Crippen LogP) is 5.76. The number of hydrogen-bond donors (Lipinski definition) is 0. The van der Waals surface area contributed by atoms with Gasteiger partial charge in [0.05, 0.1) is 24.0 Å². The van der Waals surface area contributed by atoms with Gasteiger partial charge in [-0.2, -0.15) is 10.1 Å². The first kappa shape index (κ1) is 24.2. The number of ether oxygens (including phenoxy) is 2. The number of rotatable bonds is 7. The zero-order chi connectivity index (χ0) is 24.4. The maximum Gasteiger partial charge on any atom is 0.280 e. The summed E-state index contributed by atoms with van der Waals surface area (Å²) in [7, 11) is 0. The molecule has 0 radical (unpaired) electrons. The lowest BCUT2D eigenvalue weighted by atomic mass is 10.1. The van der Waals surface area contributed by atoms with Crippen molar-refractivity contribution < 1.29 is 36.2 Å². The van der Waals surface area contributed by atoms with E-state index in [0.717, 1.165) is 6.42 Å². The summed E-state index contributed by atoms with van der Waals surface area (Å²) >= 11 is 0. The van der Waals surface area contributed by atoms with E-state index in [2.05, 4.69) is 5.10 Å². The van der Waals surface area contributed by atoms with Crippen molar-refractivity contribution in [2.75, 3.05) is 11.6 Å². The summed E-state index contributed by atoms with van der Waals surface area (Å²) in [4.78, 5) is 12.8. The molecule has 2 aromatic rings. The van der Waals surface area contributed by atoms with Crippen molar-refractivity contribution in [3.63, 3.8) is 0 Å². The van der Waals surface area contributed by atoms with Gasteiger partial charge in [-0.25, -0.2) is 22.0 Å². The number of anilines is 1. The Morgan fingerprint density at radius 2 is 1.61 bits per heavy atom. The van der Waals surface area contributed by atoms with Crippen LogP contribution in [-0.2, 0) is 4.79 Å². The van der Waals surface area contributed by atoms with Crippen LogP contribution in [0.4, 0.5) is 27.6 Å². The largest absolute Gasteiger partial charge is 0.490 e. The number of carbonyl (C=O) groups is 1. The first-order chi connectivity index (χ1) is 15.6. The summed E-state index contributed by atoms with van der Waals surface area (Å²) in [6, 6.07) is 4.89. The van der Waals surface area contributed by atoms with Gasteiger partial charge in [0.1, 0.15) is 5.69 Å². The highest BCUT2D eigenvalue weighted by molar-refractivity contribution is 6.32. The molecule has 0 aromatic heterocycles. The van der Waals surface area contributed by atoms with Gasteiger partial charge in [0, 0.05) is 0 Å². The number of hydrogen-bond acceptors (Lipinski definition) is 4. The van der Waals surface area contributed by atoms with Crippen molar-refractivity contribution in [3.05, 3.63) is 58.4 Å². The summed E-state index contributed by atoms with van der Waals surface area (Å²) in [5.74, 6) is -11.1. The summed E-state index contributed by atoms with van der Waals surface area (Å²) in [6.07, 6.45) is 2.09. The van der Waals surface area contributed by atoms with Crippen molar-refractivity contribution in [2.45, 2.75) is 40.2 Å². The second-order valence-electron chi connectivity index (χ2n) is 7.25. The van der Waals surface area contributed by atoms with Gasteiger partial charge in [0.15, 0.2) is 34.8 Å². The molecule has 0 spiro atoms. The topological polar surface area (TPSA) is 51.1 Å². The SMILES string of the molecule is CCOc1cc(/C=C2/C(=O)N(c3c(F)c(F)c(F)c(F)c3F)N=C2C)ccc1O[C@@H](C)CC. The molecule has 1 amide bonds. The van der Waals surface area contributed by atoms with Crippen LogP contribution in [0.15, 0.2) is 28.9 Å². The quantitative estimate of drug-likeness (QED) is 0.225. The van der Waals surface area contributed by atoms with Gasteiger partial charge in [-0.3, -0.25) is 4.79 Å². The molecule has 176 valence electrons. The Kier molecular flexibility index (Phi) is 7.04. The first-order valence-electron chi connectivity index (χ1n) is 10.2. The standard InChI is InChI=1S/C23H21F5N2O3/c1-5-11(3)33-15-8-7-13(10-16(15)32-6-2)9-14-12(4)29-30(23(14)31)22-20(27)18(25)17(24)19(26)21(22)28/h7-11H,5-6H2,1-4H3/b14-9+/t11-/m0/s1. The van der Waals surface area contributed by atoms with Gasteiger partial charge >= 0.3 is 0 Å². The number of amides is 1. The Hall–Kier alpha value is -3.43. The molecule has 10 heteroatoms. The minimum atomic E-state index is -2.32. The van der Waals surface area contributed by atoms with E-state index in [0.29, 0.717) is 23.7 Å². The normalized spacial score (nSPS) is 15.8. The third kappa shape index (κ3) is 4.55. The average molecular weight is 468 g/mol. The lowest BCUT2D eigenvalue weighted by Crippen LogP contribution is -2.25. The van der Waals surface area contributed by atoms with E-state index in [4.69, 9.17) is 9.47 Å². The Morgan fingerprint density at radius 3 is 2.18 bits per heavy atom. The second kappa shape index (κ2) is 9.60. The maximum atomic E-state index is 14.2. The lowest BCUT2D eigenvalue weighted by Gasteiger charge is -2.17. The molecule has 0 aliphatic carbocycles. The Bertz CT molecular complexity index is 1130. The third-order valence-electron chi connectivity index (χ3n) is 4.94. The highest BCUT2D eigenvalue weighted by Crippen LogP contribution is 2.35. The minimum absolute atomic E-state index is 0.0295. The molecule has 0 fully saturated rings.